The summed E-state index contributed by atoms with van der Waals surface area (Å²) < 4.78 is 6.09. The fourth-order valence-electron chi connectivity index (χ4n) is 3.81. The normalized spacial score (nSPS) is 10.7. The van der Waals surface area contributed by atoms with Crippen molar-refractivity contribution in [1.82, 2.24) is 4.98 Å². The van der Waals surface area contributed by atoms with E-state index < -0.39 is 0 Å². The Morgan fingerprint density at radius 2 is 1.43 bits per heavy atom. The summed E-state index contributed by atoms with van der Waals surface area (Å²) in [6.45, 7) is 0. The van der Waals surface area contributed by atoms with E-state index in [1.165, 1.54) is 11.8 Å². The van der Waals surface area contributed by atoms with E-state index in [0.717, 1.165) is 11.1 Å². The van der Waals surface area contributed by atoms with Gasteiger partial charge in [0.2, 0.25) is 5.91 Å². The summed E-state index contributed by atoms with van der Waals surface area (Å²) >= 11 is 7.34. The Hall–Kier alpha value is -4.13. The second kappa shape index (κ2) is 11.3. The van der Waals surface area contributed by atoms with Crippen molar-refractivity contribution in [3.05, 3.63) is 125 Å². The van der Waals surface area contributed by atoms with Crippen molar-refractivity contribution in [2.24, 2.45) is 0 Å². The van der Waals surface area contributed by atoms with Crippen molar-refractivity contribution in [2.75, 3.05) is 11.1 Å². The molecule has 0 atom stereocenters. The Balaban J connectivity index is 1.35. The van der Waals surface area contributed by atoms with Gasteiger partial charge in [-0.1, -0.05) is 114 Å². The number of nitrogens with one attached hydrogen (secondary N) is 1. The highest BCUT2D eigenvalue weighted by atomic mass is 35.5. The zero-order valence-corrected chi connectivity index (χ0v) is 21.1. The summed E-state index contributed by atoms with van der Waals surface area (Å²) in [6.07, 6.45) is 0. The number of carbonyl (C=O) groups is 2. The highest BCUT2D eigenvalue weighted by molar-refractivity contribution is 7.99. The molecule has 1 heterocycles. The first-order valence-electron chi connectivity index (χ1n) is 11.5. The number of carbonyl (C=O) groups excluding carboxylic acids is 2. The second-order valence-electron chi connectivity index (χ2n) is 8.11. The number of nitrogens with zero attached hydrogens (tertiary/aromatic N) is 1. The molecule has 37 heavy (non-hydrogen) atoms. The van der Waals surface area contributed by atoms with Crippen molar-refractivity contribution in [1.29, 1.82) is 0 Å². The molecule has 1 aromatic heterocycles. The minimum atomic E-state index is -0.296. The SMILES string of the molecule is O=C(CSc1nc(-c2ccccc2)c(-c2ccccc2)o1)Nc1ccc(Cl)cc1C(=O)c1ccccc1. The number of anilines is 1. The lowest BCUT2D eigenvalue weighted by Gasteiger charge is -2.11. The van der Waals surface area contributed by atoms with Crippen LogP contribution in [0.25, 0.3) is 22.6 Å². The largest absolute Gasteiger partial charge is 0.431 e. The molecule has 1 N–H and O–H groups in total. The van der Waals surface area contributed by atoms with Gasteiger partial charge in [0.25, 0.3) is 5.22 Å². The summed E-state index contributed by atoms with van der Waals surface area (Å²) in [5.74, 6) is 0.168. The van der Waals surface area contributed by atoms with Gasteiger partial charge in [0.15, 0.2) is 11.5 Å². The van der Waals surface area contributed by atoms with Gasteiger partial charge in [-0.05, 0) is 18.2 Å². The number of benzene rings is 4. The molecule has 0 fully saturated rings. The molecule has 0 aliphatic carbocycles. The second-order valence-corrected chi connectivity index (χ2v) is 9.47. The first-order valence-corrected chi connectivity index (χ1v) is 12.9. The minimum absolute atomic E-state index is 0.0462. The van der Waals surface area contributed by atoms with Crippen LogP contribution in [0.5, 0.6) is 0 Å². The first-order chi connectivity index (χ1) is 18.1. The Morgan fingerprint density at radius 1 is 0.811 bits per heavy atom. The van der Waals surface area contributed by atoms with E-state index in [1.54, 1.807) is 42.5 Å². The molecule has 0 saturated heterocycles. The average molecular weight is 525 g/mol. The molecule has 5 aromatic rings. The number of rotatable bonds is 8. The van der Waals surface area contributed by atoms with Crippen LogP contribution in [0.2, 0.25) is 5.02 Å². The van der Waals surface area contributed by atoms with Crippen LogP contribution in [0, 0.1) is 0 Å². The molecule has 0 unspecified atom stereocenters. The van der Waals surface area contributed by atoms with Gasteiger partial charge in [0.05, 0.1) is 11.4 Å². The summed E-state index contributed by atoms with van der Waals surface area (Å²) in [5, 5.41) is 3.62. The van der Waals surface area contributed by atoms with Crippen LogP contribution in [0.15, 0.2) is 119 Å². The lowest BCUT2D eigenvalue weighted by molar-refractivity contribution is -0.113. The van der Waals surface area contributed by atoms with Crippen LogP contribution in [-0.2, 0) is 4.79 Å². The number of aromatic nitrogens is 1. The topological polar surface area (TPSA) is 72.2 Å². The van der Waals surface area contributed by atoms with E-state index in [2.05, 4.69) is 10.3 Å². The van der Waals surface area contributed by atoms with Crippen LogP contribution in [0.1, 0.15) is 15.9 Å². The molecule has 0 spiro atoms. The van der Waals surface area contributed by atoms with E-state index in [-0.39, 0.29) is 17.4 Å². The van der Waals surface area contributed by atoms with Crippen LogP contribution in [-0.4, -0.2) is 22.4 Å². The molecule has 5 nitrogen and oxygen atoms in total. The maximum Gasteiger partial charge on any atom is 0.257 e. The third kappa shape index (κ3) is 5.82. The molecule has 0 aliphatic heterocycles. The van der Waals surface area contributed by atoms with E-state index in [9.17, 15) is 9.59 Å². The predicted molar refractivity (Wildman–Crippen MR) is 148 cm³/mol. The van der Waals surface area contributed by atoms with Crippen molar-refractivity contribution in [3.63, 3.8) is 0 Å². The third-order valence-electron chi connectivity index (χ3n) is 5.55. The number of hydrogen-bond donors (Lipinski definition) is 1. The number of oxazole rings is 1. The Labute approximate surface area is 223 Å². The minimum Gasteiger partial charge on any atom is -0.431 e. The molecule has 7 heteroatoms. The molecular weight excluding hydrogens is 504 g/mol. The first kappa shape index (κ1) is 24.6. The summed E-state index contributed by atoms with van der Waals surface area (Å²) in [6, 6.07) is 33.2. The summed E-state index contributed by atoms with van der Waals surface area (Å²) in [7, 11) is 0. The van der Waals surface area contributed by atoms with Crippen molar-refractivity contribution < 1.29 is 14.0 Å². The van der Waals surface area contributed by atoms with E-state index >= 15 is 0 Å². The van der Waals surface area contributed by atoms with Crippen LogP contribution >= 0.6 is 23.4 Å². The number of halogens is 1. The van der Waals surface area contributed by atoms with Crippen LogP contribution in [0.3, 0.4) is 0 Å². The zero-order chi connectivity index (χ0) is 25.6. The number of hydrogen-bond acceptors (Lipinski definition) is 5. The fraction of sp³-hybridized carbons (Fsp3) is 0.0333. The number of ketones is 1. The molecule has 1 amide bonds. The van der Waals surface area contributed by atoms with Gasteiger partial charge in [-0.25, -0.2) is 4.98 Å². The highest BCUT2D eigenvalue weighted by Crippen LogP contribution is 2.35. The zero-order valence-electron chi connectivity index (χ0n) is 19.6. The van der Waals surface area contributed by atoms with Gasteiger partial charge < -0.3 is 9.73 Å². The van der Waals surface area contributed by atoms with E-state index in [0.29, 0.717) is 38.5 Å². The lowest BCUT2D eigenvalue weighted by atomic mass is 10.0. The summed E-state index contributed by atoms with van der Waals surface area (Å²) in [5.41, 5.74) is 3.76. The highest BCUT2D eigenvalue weighted by Gasteiger charge is 2.19. The van der Waals surface area contributed by atoms with Crippen molar-refractivity contribution >= 4 is 40.7 Å². The van der Waals surface area contributed by atoms with Gasteiger partial charge in [-0.3, -0.25) is 9.59 Å². The van der Waals surface area contributed by atoms with E-state index in [4.69, 9.17) is 16.0 Å². The molecule has 5 rings (SSSR count). The lowest BCUT2D eigenvalue weighted by Crippen LogP contribution is -2.17. The molecule has 182 valence electrons. The molecule has 0 bridgehead atoms. The number of thioether (sulfide) groups is 1. The smallest absolute Gasteiger partial charge is 0.257 e. The summed E-state index contributed by atoms with van der Waals surface area (Å²) in [4.78, 5) is 30.6. The van der Waals surface area contributed by atoms with Gasteiger partial charge in [-0.2, -0.15) is 0 Å². The van der Waals surface area contributed by atoms with Crippen LogP contribution < -0.4 is 5.32 Å². The Bertz CT molecular complexity index is 1480. The van der Waals surface area contributed by atoms with Gasteiger partial charge >= 0.3 is 0 Å². The molecule has 0 aliphatic rings. The monoisotopic (exact) mass is 524 g/mol. The molecule has 0 saturated carbocycles. The molecule has 0 radical (unpaired) electrons. The third-order valence-corrected chi connectivity index (χ3v) is 6.62. The van der Waals surface area contributed by atoms with Gasteiger partial charge in [0, 0.05) is 27.3 Å². The van der Waals surface area contributed by atoms with Crippen molar-refractivity contribution in [3.8, 4) is 22.6 Å². The molecule has 4 aromatic carbocycles. The fourth-order valence-corrected chi connectivity index (χ4v) is 4.61. The van der Waals surface area contributed by atoms with Gasteiger partial charge in [0.1, 0.15) is 5.69 Å². The number of amides is 1. The Morgan fingerprint density at radius 3 is 2.11 bits per heavy atom. The maximum absolute atomic E-state index is 13.0. The van der Waals surface area contributed by atoms with Crippen LogP contribution in [0.4, 0.5) is 5.69 Å². The predicted octanol–water partition coefficient (Wildman–Crippen LogP) is 7.62. The quantitative estimate of drug-likeness (QED) is 0.167. The van der Waals surface area contributed by atoms with E-state index in [1.807, 2.05) is 66.7 Å². The van der Waals surface area contributed by atoms with Gasteiger partial charge in [-0.15, -0.1) is 0 Å². The van der Waals surface area contributed by atoms with Crippen molar-refractivity contribution in [2.45, 2.75) is 5.22 Å². The average Bonchev–Trinajstić information content (AvgIpc) is 3.38. The Kier molecular flexibility index (Phi) is 7.49. The maximum atomic E-state index is 13.0. The molecular formula is C30H21ClN2O3S. The standard InChI is InChI=1S/C30H21ClN2O3S/c31-23-16-17-25(24(18-23)28(35)21-12-6-2-7-13-21)32-26(34)19-37-30-33-27(20-10-4-1-5-11-20)29(36-30)22-14-8-3-9-15-22/h1-18H,19H2,(H,32,34).